The van der Waals surface area contributed by atoms with E-state index >= 15 is 0 Å². The molecule has 1 aliphatic rings. The highest BCUT2D eigenvalue weighted by Crippen LogP contribution is 2.31. The molecule has 1 aliphatic heterocycles. The number of fused-ring (bicyclic) bond motifs is 1. The van der Waals surface area contributed by atoms with Crippen LogP contribution in [0.1, 0.15) is 36.0 Å². The summed E-state index contributed by atoms with van der Waals surface area (Å²) in [4.78, 5) is 67.5. The Morgan fingerprint density at radius 1 is 0.878 bits per heavy atom. The van der Waals surface area contributed by atoms with Gasteiger partial charge in [0, 0.05) is 50.4 Å². The number of alkyl halides is 6. The van der Waals surface area contributed by atoms with Crippen molar-refractivity contribution in [3.05, 3.63) is 52.2 Å². The first-order chi connectivity index (χ1) is 22.8. The molecule has 3 aromatic rings. The van der Waals surface area contributed by atoms with Crippen LogP contribution in [0.15, 0.2) is 30.6 Å². The third-order valence-corrected chi connectivity index (χ3v) is 7.62. The van der Waals surface area contributed by atoms with Crippen LogP contribution >= 0.6 is 11.3 Å². The molecule has 49 heavy (non-hydrogen) atoms. The number of rotatable bonds is 9. The Kier molecular flexibility index (Phi) is 14.2. The van der Waals surface area contributed by atoms with Crippen molar-refractivity contribution >= 4 is 57.0 Å². The largest absolute Gasteiger partial charge is 0.490 e. The van der Waals surface area contributed by atoms with Crippen LogP contribution in [0.5, 0.6) is 0 Å². The van der Waals surface area contributed by atoms with Gasteiger partial charge in [-0.05, 0) is 36.7 Å². The first-order valence-corrected chi connectivity index (χ1v) is 14.6. The van der Waals surface area contributed by atoms with E-state index < -0.39 is 36.1 Å². The minimum absolute atomic E-state index is 0.249. The molecule has 0 atom stereocenters. The van der Waals surface area contributed by atoms with Crippen molar-refractivity contribution < 1.29 is 60.5 Å². The number of anilines is 1. The Labute approximate surface area is 276 Å². The number of nitrogens with zero attached hydrogens (tertiary/aromatic N) is 4. The van der Waals surface area contributed by atoms with Gasteiger partial charge in [0.05, 0.1) is 15.1 Å². The lowest BCUT2D eigenvalue weighted by molar-refractivity contribution is -0.193. The van der Waals surface area contributed by atoms with Crippen LogP contribution < -0.4 is 27.4 Å². The number of benzene rings is 1. The summed E-state index contributed by atoms with van der Waals surface area (Å²) in [5, 5.41) is 17.2. The van der Waals surface area contributed by atoms with Crippen LogP contribution in [0.3, 0.4) is 0 Å². The van der Waals surface area contributed by atoms with E-state index in [9.17, 15) is 40.7 Å². The summed E-state index contributed by atoms with van der Waals surface area (Å²) in [7, 11) is 0. The third-order valence-electron chi connectivity index (χ3n) is 6.49. The molecule has 4 rings (SSSR count). The van der Waals surface area contributed by atoms with E-state index in [2.05, 4.69) is 25.1 Å². The maximum absolute atomic E-state index is 12.8. The second kappa shape index (κ2) is 17.3. The smallest absolute Gasteiger partial charge is 0.475 e. The molecule has 0 unspecified atom stereocenters. The summed E-state index contributed by atoms with van der Waals surface area (Å²) >= 11 is 1.31. The van der Waals surface area contributed by atoms with Gasteiger partial charge in [-0.15, -0.1) is 11.3 Å². The number of carboxylic acids is 2. The molecule has 0 spiro atoms. The van der Waals surface area contributed by atoms with Gasteiger partial charge in [-0.25, -0.2) is 19.6 Å². The molecule has 3 amide bonds. The molecular formula is C27H30F6N8O7S. The number of nitrogens with two attached hydrogens (primary N) is 3. The molecule has 3 heterocycles. The molecule has 22 heteroatoms. The Balaban J connectivity index is 0.000000500. The molecule has 1 saturated heterocycles. The molecule has 1 fully saturated rings. The van der Waals surface area contributed by atoms with Gasteiger partial charge in [-0.2, -0.15) is 26.3 Å². The zero-order valence-electron chi connectivity index (χ0n) is 25.2. The minimum atomic E-state index is -5.08. The summed E-state index contributed by atoms with van der Waals surface area (Å²) in [6, 6.07) is 6.64. The van der Waals surface area contributed by atoms with Gasteiger partial charge in [0.1, 0.15) is 12.1 Å². The molecule has 2 aromatic heterocycles. The van der Waals surface area contributed by atoms with Crippen LogP contribution in [0.25, 0.3) is 10.2 Å². The van der Waals surface area contributed by atoms with Gasteiger partial charge in [-0.1, -0.05) is 6.07 Å². The summed E-state index contributed by atoms with van der Waals surface area (Å²) in [6.07, 6.45) is -8.27. The van der Waals surface area contributed by atoms with E-state index in [0.717, 1.165) is 36.7 Å². The number of nitrogens with one attached hydrogen (secondary N) is 1. The SMILES string of the molecule is NCCc1c(C(N)=O)cccc1C(=O)NCCN1CCN(c2ncnc3cc(C(N)=O)sc23)CC1.O=C(O)C(F)(F)F.O=C(O)C(F)(F)F. The van der Waals surface area contributed by atoms with Gasteiger partial charge in [0.2, 0.25) is 5.91 Å². The molecule has 1 aromatic carbocycles. The normalized spacial score (nSPS) is 13.4. The van der Waals surface area contributed by atoms with Crippen LogP contribution in [-0.2, 0) is 16.0 Å². The van der Waals surface area contributed by atoms with Crippen molar-refractivity contribution in [3.63, 3.8) is 0 Å². The summed E-state index contributed by atoms with van der Waals surface area (Å²) in [5.74, 6) is -6.00. The van der Waals surface area contributed by atoms with Crippen molar-refractivity contribution in [1.82, 2.24) is 20.2 Å². The lowest BCUT2D eigenvalue weighted by Crippen LogP contribution is -2.48. The van der Waals surface area contributed by atoms with Gasteiger partial charge in [0.15, 0.2) is 0 Å². The van der Waals surface area contributed by atoms with Crippen LogP contribution in [0.2, 0.25) is 0 Å². The van der Waals surface area contributed by atoms with Crippen LogP contribution in [0, 0.1) is 0 Å². The molecule has 0 aliphatic carbocycles. The summed E-state index contributed by atoms with van der Waals surface area (Å²) < 4.78 is 64.3. The van der Waals surface area contributed by atoms with Gasteiger partial charge < -0.3 is 37.6 Å². The highest BCUT2D eigenvalue weighted by Gasteiger charge is 2.39. The monoisotopic (exact) mass is 724 g/mol. The van der Waals surface area contributed by atoms with Crippen molar-refractivity contribution in [2.75, 3.05) is 50.7 Å². The molecule has 268 valence electrons. The number of carbonyl (C=O) groups is 5. The summed E-state index contributed by atoms with van der Waals surface area (Å²) in [5.41, 5.74) is 18.6. The Hall–Kier alpha value is -5.09. The number of aliphatic carboxylic acids is 2. The fourth-order valence-corrected chi connectivity index (χ4v) is 5.22. The second-order valence-electron chi connectivity index (χ2n) is 9.81. The maximum atomic E-state index is 12.8. The average molecular weight is 725 g/mol. The zero-order valence-corrected chi connectivity index (χ0v) is 26.0. The van der Waals surface area contributed by atoms with E-state index in [-0.39, 0.29) is 5.91 Å². The van der Waals surface area contributed by atoms with Crippen molar-refractivity contribution in [3.8, 4) is 0 Å². The van der Waals surface area contributed by atoms with Crippen molar-refractivity contribution in [2.24, 2.45) is 17.2 Å². The number of hydrogen-bond acceptors (Lipinski definition) is 11. The maximum Gasteiger partial charge on any atom is 0.490 e. The van der Waals surface area contributed by atoms with E-state index in [1.165, 1.54) is 17.7 Å². The number of piperazine rings is 1. The fraction of sp³-hybridized carbons (Fsp3) is 0.370. The second-order valence-corrected chi connectivity index (χ2v) is 10.9. The molecule has 0 radical (unpaired) electrons. The van der Waals surface area contributed by atoms with Crippen molar-refractivity contribution in [1.29, 1.82) is 0 Å². The molecule has 9 N–H and O–H groups in total. The number of primary amides is 2. The predicted molar refractivity (Wildman–Crippen MR) is 162 cm³/mol. The highest BCUT2D eigenvalue weighted by molar-refractivity contribution is 7.21. The first-order valence-electron chi connectivity index (χ1n) is 13.8. The Morgan fingerprint density at radius 2 is 1.43 bits per heavy atom. The minimum Gasteiger partial charge on any atom is -0.475 e. The molecule has 15 nitrogen and oxygen atoms in total. The van der Waals surface area contributed by atoms with Gasteiger partial charge in [-0.3, -0.25) is 19.3 Å². The van der Waals surface area contributed by atoms with E-state index in [1.54, 1.807) is 24.3 Å². The van der Waals surface area contributed by atoms with E-state index in [0.29, 0.717) is 53.1 Å². The van der Waals surface area contributed by atoms with Gasteiger partial charge >= 0.3 is 24.3 Å². The number of carboxylic acid groups (broad SMARTS) is 2. The first kappa shape index (κ1) is 40.1. The number of hydrogen-bond donors (Lipinski definition) is 6. The van der Waals surface area contributed by atoms with E-state index in [4.69, 9.17) is 37.0 Å². The quantitative estimate of drug-likeness (QED) is 0.171. The third kappa shape index (κ3) is 11.8. The summed E-state index contributed by atoms with van der Waals surface area (Å²) in [6.45, 7) is 4.56. The van der Waals surface area contributed by atoms with Crippen molar-refractivity contribution in [2.45, 2.75) is 18.8 Å². The molecule has 0 saturated carbocycles. The predicted octanol–water partition coefficient (Wildman–Crippen LogP) is 1.21. The Bertz CT molecular complexity index is 1640. The lowest BCUT2D eigenvalue weighted by Gasteiger charge is -2.35. The fourth-order valence-electron chi connectivity index (χ4n) is 4.24. The number of halogens is 6. The zero-order chi connectivity index (χ0) is 37.1. The lowest BCUT2D eigenvalue weighted by atomic mass is 9.97. The number of carbonyl (C=O) groups excluding carboxylic acids is 3. The number of amides is 3. The van der Waals surface area contributed by atoms with Crippen LogP contribution in [-0.4, -0.2) is 113 Å². The molecular weight excluding hydrogens is 694 g/mol. The van der Waals surface area contributed by atoms with E-state index in [1.807, 2.05) is 0 Å². The molecule has 0 bridgehead atoms. The standard InChI is InChI=1S/C23H28N8O3S.2C2HF3O2/c24-5-4-14-15(20(25)32)2-1-3-16(14)23(34)27-6-7-30-8-10-31(11-9-30)22-19-17(28-13-29-22)12-18(35-19)21(26)33;2*3-2(4,5)1(6)7/h1-3,12-13H,4-11,24H2,(H2,25,32)(H2,26,33)(H,27,34);2*(H,6,7). The highest BCUT2D eigenvalue weighted by atomic mass is 32.1. The topological polar surface area (TPSA) is 248 Å². The number of aromatic nitrogens is 2. The average Bonchev–Trinajstić information content (AvgIpc) is 3.46. The van der Waals surface area contributed by atoms with Crippen LogP contribution in [0.4, 0.5) is 32.2 Å². The Morgan fingerprint density at radius 3 is 1.92 bits per heavy atom. The van der Waals surface area contributed by atoms with Gasteiger partial charge in [0.25, 0.3) is 11.8 Å². The number of thiophene rings is 1.